The van der Waals surface area contributed by atoms with E-state index in [1.165, 1.54) is 5.56 Å². The molecule has 0 saturated carbocycles. The van der Waals surface area contributed by atoms with Crippen LogP contribution in [-0.4, -0.2) is 16.0 Å². The molecule has 0 radical (unpaired) electrons. The molecule has 0 saturated heterocycles. The second-order valence-electron chi connectivity index (χ2n) is 5.02. The van der Waals surface area contributed by atoms with Gasteiger partial charge in [0, 0.05) is 30.5 Å². The largest absolute Gasteiger partial charge is 0.409 e. The molecule has 0 amide bonds. The molecule has 0 aliphatic carbocycles. The molecule has 0 aliphatic rings. The summed E-state index contributed by atoms with van der Waals surface area (Å²) in [6.45, 7) is 4.87. The van der Waals surface area contributed by atoms with Gasteiger partial charge in [-0.1, -0.05) is 23.4 Å². The fourth-order valence-electron chi connectivity index (χ4n) is 2.12. The Hall–Kier alpha value is -2.40. The van der Waals surface area contributed by atoms with E-state index in [0.717, 1.165) is 23.2 Å². The number of pyridine rings is 1. The number of aromatic nitrogens is 1. The minimum Gasteiger partial charge on any atom is -0.409 e. The average molecular weight is 284 g/mol. The van der Waals surface area contributed by atoms with Gasteiger partial charge in [0.25, 0.3) is 0 Å². The van der Waals surface area contributed by atoms with Gasteiger partial charge in [-0.05, 0) is 42.7 Å². The van der Waals surface area contributed by atoms with Gasteiger partial charge in [-0.15, -0.1) is 0 Å². The normalized spacial score (nSPS) is 13.1. The molecule has 4 N–H and O–H groups in total. The molecule has 0 unspecified atom stereocenters. The Morgan fingerprint density at radius 1 is 1.43 bits per heavy atom. The number of nitrogens with zero attached hydrogens (tertiary/aromatic N) is 2. The van der Waals surface area contributed by atoms with Crippen LogP contribution in [0.1, 0.15) is 35.2 Å². The summed E-state index contributed by atoms with van der Waals surface area (Å²) in [5.74, 6) is 0.126. The Morgan fingerprint density at radius 3 is 2.86 bits per heavy atom. The Morgan fingerprint density at radius 2 is 2.24 bits per heavy atom. The summed E-state index contributed by atoms with van der Waals surface area (Å²) in [4.78, 5) is 4.13. The number of hydrogen-bond donors (Lipinski definition) is 3. The summed E-state index contributed by atoms with van der Waals surface area (Å²) in [5.41, 5.74) is 9.75. The molecular formula is C16H20N4O. The van der Waals surface area contributed by atoms with E-state index in [1.54, 1.807) is 6.20 Å². The number of rotatable bonds is 5. The first-order valence-corrected chi connectivity index (χ1v) is 6.82. The van der Waals surface area contributed by atoms with Crippen molar-refractivity contribution in [3.63, 3.8) is 0 Å². The van der Waals surface area contributed by atoms with E-state index < -0.39 is 0 Å². The molecule has 5 heteroatoms. The lowest BCUT2D eigenvalue weighted by molar-refractivity contribution is 0.318. The van der Waals surface area contributed by atoms with Crippen molar-refractivity contribution < 1.29 is 5.21 Å². The van der Waals surface area contributed by atoms with E-state index in [9.17, 15) is 0 Å². The lowest BCUT2D eigenvalue weighted by Crippen LogP contribution is -2.19. The van der Waals surface area contributed by atoms with E-state index >= 15 is 0 Å². The molecule has 1 heterocycles. The highest BCUT2D eigenvalue weighted by Gasteiger charge is 2.07. The van der Waals surface area contributed by atoms with Crippen molar-refractivity contribution in [1.29, 1.82) is 0 Å². The highest BCUT2D eigenvalue weighted by atomic mass is 16.4. The van der Waals surface area contributed by atoms with Crippen molar-refractivity contribution in [1.82, 2.24) is 10.3 Å². The number of aryl methyl sites for hydroxylation is 1. The van der Waals surface area contributed by atoms with Crippen molar-refractivity contribution in [2.24, 2.45) is 10.9 Å². The maximum atomic E-state index is 8.70. The zero-order chi connectivity index (χ0) is 15.2. The Balaban J connectivity index is 2.04. The van der Waals surface area contributed by atoms with Crippen LogP contribution in [0.3, 0.4) is 0 Å². The minimum absolute atomic E-state index is 0.126. The van der Waals surface area contributed by atoms with Gasteiger partial charge in [0.15, 0.2) is 5.84 Å². The number of benzene rings is 1. The van der Waals surface area contributed by atoms with Crippen LogP contribution in [-0.2, 0) is 6.54 Å². The summed E-state index contributed by atoms with van der Waals surface area (Å²) in [7, 11) is 0. The molecule has 110 valence electrons. The highest BCUT2D eigenvalue weighted by Crippen LogP contribution is 2.14. The predicted molar refractivity (Wildman–Crippen MR) is 83.2 cm³/mol. The molecule has 0 fully saturated rings. The van der Waals surface area contributed by atoms with Crippen molar-refractivity contribution in [2.75, 3.05) is 0 Å². The van der Waals surface area contributed by atoms with E-state index in [2.05, 4.69) is 28.4 Å². The van der Waals surface area contributed by atoms with Gasteiger partial charge in [0.05, 0.1) is 0 Å². The van der Waals surface area contributed by atoms with E-state index in [1.807, 2.05) is 37.4 Å². The topological polar surface area (TPSA) is 83.5 Å². The van der Waals surface area contributed by atoms with E-state index in [0.29, 0.717) is 0 Å². The van der Waals surface area contributed by atoms with Crippen LogP contribution >= 0.6 is 0 Å². The molecule has 2 rings (SSSR count). The summed E-state index contributed by atoms with van der Waals surface area (Å²) < 4.78 is 0. The fourth-order valence-corrected chi connectivity index (χ4v) is 2.12. The highest BCUT2D eigenvalue weighted by molar-refractivity contribution is 5.97. The molecule has 0 bridgehead atoms. The average Bonchev–Trinajstić information content (AvgIpc) is 2.53. The molecular weight excluding hydrogens is 264 g/mol. The molecule has 2 aromatic rings. The lowest BCUT2D eigenvalue weighted by Gasteiger charge is -2.15. The lowest BCUT2D eigenvalue weighted by atomic mass is 10.0. The van der Waals surface area contributed by atoms with Crippen LogP contribution < -0.4 is 11.1 Å². The first-order valence-electron chi connectivity index (χ1n) is 6.82. The van der Waals surface area contributed by atoms with Gasteiger partial charge in [-0.25, -0.2) is 0 Å². The summed E-state index contributed by atoms with van der Waals surface area (Å²) in [5, 5.41) is 15.2. The molecule has 1 aromatic heterocycles. The second kappa shape index (κ2) is 6.85. The summed E-state index contributed by atoms with van der Waals surface area (Å²) in [6, 6.07) is 9.98. The number of nitrogens with one attached hydrogen (secondary N) is 1. The SMILES string of the molecule is Cc1cc(/C(N)=N/O)ccc1CN[C@@H](C)c1cccnc1. The fraction of sp³-hybridized carbons (Fsp3) is 0.250. The molecule has 21 heavy (non-hydrogen) atoms. The van der Waals surface area contributed by atoms with Crippen LogP contribution in [0.4, 0.5) is 0 Å². The van der Waals surface area contributed by atoms with Crippen LogP contribution in [0.2, 0.25) is 0 Å². The minimum atomic E-state index is 0.126. The molecule has 0 spiro atoms. The third-order valence-electron chi connectivity index (χ3n) is 3.53. The second-order valence-corrected chi connectivity index (χ2v) is 5.02. The first kappa shape index (κ1) is 15.0. The van der Waals surface area contributed by atoms with Gasteiger partial charge < -0.3 is 16.3 Å². The summed E-state index contributed by atoms with van der Waals surface area (Å²) >= 11 is 0. The van der Waals surface area contributed by atoms with Crippen molar-refractivity contribution >= 4 is 5.84 Å². The maximum absolute atomic E-state index is 8.70. The monoisotopic (exact) mass is 284 g/mol. The zero-order valence-electron chi connectivity index (χ0n) is 12.2. The van der Waals surface area contributed by atoms with E-state index in [4.69, 9.17) is 10.9 Å². The Labute approximate surface area is 124 Å². The first-order chi connectivity index (χ1) is 10.1. The van der Waals surface area contributed by atoms with Crippen LogP contribution in [0.5, 0.6) is 0 Å². The van der Waals surface area contributed by atoms with Gasteiger partial charge >= 0.3 is 0 Å². The van der Waals surface area contributed by atoms with Gasteiger partial charge in [-0.3, -0.25) is 4.98 Å². The van der Waals surface area contributed by atoms with Crippen LogP contribution in [0.25, 0.3) is 0 Å². The molecule has 1 atom stereocenters. The van der Waals surface area contributed by atoms with Crippen molar-refractivity contribution in [3.8, 4) is 0 Å². The third kappa shape index (κ3) is 3.79. The molecule has 1 aromatic carbocycles. The number of oxime groups is 1. The van der Waals surface area contributed by atoms with Crippen LogP contribution in [0, 0.1) is 6.92 Å². The molecule has 5 nitrogen and oxygen atoms in total. The van der Waals surface area contributed by atoms with Crippen LogP contribution in [0.15, 0.2) is 47.9 Å². The smallest absolute Gasteiger partial charge is 0.170 e. The van der Waals surface area contributed by atoms with E-state index in [-0.39, 0.29) is 11.9 Å². The number of hydrogen-bond acceptors (Lipinski definition) is 4. The summed E-state index contributed by atoms with van der Waals surface area (Å²) in [6.07, 6.45) is 3.64. The van der Waals surface area contributed by atoms with Crippen molar-refractivity contribution in [3.05, 3.63) is 65.0 Å². The predicted octanol–water partition coefficient (Wildman–Crippen LogP) is 2.34. The number of nitrogens with two attached hydrogens (primary N) is 1. The maximum Gasteiger partial charge on any atom is 0.170 e. The van der Waals surface area contributed by atoms with Crippen molar-refractivity contribution in [2.45, 2.75) is 26.4 Å². The number of amidine groups is 1. The standard InChI is InChI=1S/C16H20N4O/c1-11-8-13(16(17)20-21)5-6-14(11)10-19-12(2)15-4-3-7-18-9-15/h3-9,12,19,21H,10H2,1-2H3,(H2,17,20)/t12-/m0/s1. The Bertz CT molecular complexity index is 625. The van der Waals surface area contributed by atoms with Gasteiger partial charge in [-0.2, -0.15) is 0 Å². The zero-order valence-corrected chi connectivity index (χ0v) is 12.2. The quantitative estimate of drug-likeness (QED) is 0.340. The van der Waals surface area contributed by atoms with Gasteiger partial charge in [0.2, 0.25) is 0 Å². The third-order valence-corrected chi connectivity index (χ3v) is 3.53. The Kier molecular flexibility index (Phi) is 4.90. The van der Waals surface area contributed by atoms with Gasteiger partial charge in [0.1, 0.15) is 0 Å². The molecule has 0 aliphatic heterocycles.